The van der Waals surface area contributed by atoms with Crippen LogP contribution in [0, 0.1) is 6.07 Å². The number of pyridine rings is 1. The van der Waals surface area contributed by atoms with Crippen LogP contribution in [0.2, 0.25) is 0 Å². The number of hydrogen-bond acceptors (Lipinski definition) is 2. The lowest BCUT2D eigenvalue weighted by Gasteiger charge is -1.97. The number of fused-ring (bicyclic) bond motifs is 1. The molecule has 2 aromatic rings. The number of aromatic nitrogens is 1. The third-order valence-corrected chi connectivity index (χ3v) is 1.63. The minimum absolute atomic E-state index is 0.719. The van der Waals surface area contributed by atoms with E-state index in [1.165, 1.54) is 0 Å². The maximum Gasteiger partial charge on any atom is 0.0580 e. The summed E-state index contributed by atoms with van der Waals surface area (Å²) in [5, 5.41) is 2.08. The zero-order chi connectivity index (χ0) is 7.68. The first-order valence-corrected chi connectivity index (χ1v) is 3.37. The molecule has 2 N–H and O–H groups in total. The number of rotatable bonds is 0. The van der Waals surface area contributed by atoms with Gasteiger partial charge in [-0.3, -0.25) is 4.98 Å². The summed E-state index contributed by atoms with van der Waals surface area (Å²) in [6.07, 6.45) is 3.44. The lowest BCUT2D eigenvalue weighted by molar-refractivity contribution is 1.37. The predicted octanol–water partition coefficient (Wildman–Crippen LogP) is 1.62. The number of nitrogens with two attached hydrogens (primary N) is 1. The molecule has 53 valence electrons. The first kappa shape index (κ1) is 6.16. The Morgan fingerprint density at radius 3 is 3.09 bits per heavy atom. The largest absolute Gasteiger partial charge is 0.397 e. The molecule has 1 radical (unpaired) electrons. The summed E-state index contributed by atoms with van der Waals surface area (Å²) in [5.41, 5.74) is 6.40. The second-order valence-corrected chi connectivity index (χ2v) is 2.38. The summed E-state index contributed by atoms with van der Waals surface area (Å²) in [7, 11) is 0. The van der Waals surface area contributed by atoms with Gasteiger partial charge in [-0.15, -0.1) is 0 Å². The van der Waals surface area contributed by atoms with Gasteiger partial charge < -0.3 is 5.73 Å². The molecule has 0 saturated carbocycles. The smallest absolute Gasteiger partial charge is 0.0580 e. The van der Waals surface area contributed by atoms with E-state index in [0.717, 1.165) is 16.5 Å². The first-order valence-electron chi connectivity index (χ1n) is 3.37. The van der Waals surface area contributed by atoms with Crippen LogP contribution in [0.5, 0.6) is 0 Å². The van der Waals surface area contributed by atoms with Gasteiger partial charge in [0.05, 0.1) is 11.9 Å². The van der Waals surface area contributed by atoms with Crippen molar-refractivity contribution in [2.24, 2.45) is 0 Å². The number of nitrogen functional groups attached to an aromatic ring is 1. The summed E-state index contributed by atoms with van der Waals surface area (Å²) in [6.45, 7) is 0. The van der Waals surface area contributed by atoms with Crippen molar-refractivity contribution in [3.63, 3.8) is 0 Å². The number of nitrogens with zero attached hydrogens (tertiary/aromatic N) is 1. The summed E-state index contributed by atoms with van der Waals surface area (Å²) in [5.74, 6) is 0. The van der Waals surface area contributed by atoms with Crippen molar-refractivity contribution >= 4 is 16.5 Å². The zero-order valence-electron chi connectivity index (χ0n) is 5.91. The molecular weight excluding hydrogens is 136 g/mol. The fraction of sp³-hybridized carbons (Fsp3) is 0. The average molecular weight is 143 g/mol. The Morgan fingerprint density at radius 1 is 1.36 bits per heavy atom. The topological polar surface area (TPSA) is 38.9 Å². The average Bonchev–Trinajstić information content (AvgIpc) is 2.06. The first-order chi connectivity index (χ1) is 5.38. The minimum atomic E-state index is 0.719. The summed E-state index contributed by atoms with van der Waals surface area (Å²) >= 11 is 0. The molecule has 0 atom stereocenters. The third-order valence-electron chi connectivity index (χ3n) is 1.63. The van der Waals surface area contributed by atoms with E-state index in [-0.39, 0.29) is 0 Å². The van der Waals surface area contributed by atoms with Crippen LogP contribution in [-0.2, 0) is 0 Å². The molecule has 2 heteroatoms. The summed E-state index contributed by atoms with van der Waals surface area (Å²) in [6, 6.07) is 8.62. The van der Waals surface area contributed by atoms with E-state index in [9.17, 15) is 0 Å². The lowest BCUT2D eigenvalue weighted by Crippen LogP contribution is -1.87. The molecule has 1 aromatic carbocycles. The third kappa shape index (κ3) is 0.923. The Hall–Kier alpha value is -1.57. The molecule has 0 amide bonds. The minimum Gasteiger partial charge on any atom is -0.397 e. The zero-order valence-corrected chi connectivity index (χ0v) is 5.91. The molecule has 2 nitrogen and oxygen atoms in total. The van der Waals surface area contributed by atoms with Gasteiger partial charge in [0.1, 0.15) is 0 Å². The Labute approximate surface area is 64.7 Å². The van der Waals surface area contributed by atoms with Gasteiger partial charge in [0, 0.05) is 17.0 Å². The van der Waals surface area contributed by atoms with Crippen LogP contribution in [0.15, 0.2) is 30.6 Å². The van der Waals surface area contributed by atoms with Crippen LogP contribution in [0.4, 0.5) is 5.69 Å². The molecule has 0 aliphatic rings. The molecular formula is C9H7N2. The van der Waals surface area contributed by atoms with Crippen molar-refractivity contribution in [1.29, 1.82) is 0 Å². The van der Waals surface area contributed by atoms with E-state index in [1.54, 1.807) is 12.4 Å². The predicted molar refractivity (Wildman–Crippen MR) is 45.0 cm³/mol. The van der Waals surface area contributed by atoms with E-state index in [2.05, 4.69) is 11.1 Å². The van der Waals surface area contributed by atoms with Crippen LogP contribution in [0.1, 0.15) is 0 Å². The van der Waals surface area contributed by atoms with Gasteiger partial charge >= 0.3 is 0 Å². The Kier molecular flexibility index (Phi) is 1.25. The molecule has 1 aromatic heterocycles. The highest BCUT2D eigenvalue weighted by Gasteiger charge is 1.94. The second-order valence-electron chi connectivity index (χ2n) is 2.38. The Bertz CT molecular complexity index is 377. The van der Waals surface area contributed by atoms with Gasteiger partial charge in [-0.2, -0.15) is 0 Å². The summed E-state index contributed by atoms with van der Waals surface area (Å²) < 4.78 is 0. The van der Waals surface area contributed by atoms with Gasteiger partial charge in [-0.25, -0.2) is 0 Å². The highest BCUT2D eigenvalue weighted by atomic mass is 14.7. The van der Waals surface area contributed by atoms with Crippen molar-refractivity contribution in [1.82, 2.24) is 4.98 Å². The van der Waals surface area contributed by atoms with E-state index < -0.39 is 0 Å². The normalized spacial score (nSPS) is 10.2. The number of anilines is 1. The van der Waals surface area contributed by atoms with Crippen molar-refractivity contribution in [3.8, 4) is 0 Å². The van der Waals surface area contributed by atoms with Gasteiger partial charge in [-0.1, -0.05) is 12.1 Å². The van der Waals surface area contributed by atoms with Gasteiger partial charge in [0.15, 0.2) is 0 Å². The van der Waals surface area contributed by atoms with E-state index in [1.807, 2.05) is 18.2 Å². The van der Waals surface area contributed by atoms with Crippen molar-refractivity contribution in [3.05, 3.63) is 36.7 Å². The molecule has 0 bridgehead atoms. The highest BCUT2D eigenvalue weighted by Crippen LogP contribution is 2.17. The fourth-order valence-electron chi connectivity index (χ4n) is 1.08. The van der Waals surface area contributed by atoms with Gasteiger partial charge in [-0.05, 0) is 12.1 Å². The molecule has 0 spiro atoms. The molecule has 0 unspecified atom stereocenters. The number of benzene rings is 1. The number of hydrogen-bond donors (Lipinski definition) is 1. The summed E-state index contributed by atoms with van der Waals surface area (Å²) in [4.78, 5) is 3.97. The van der Waals surface area contributed by atoms with Crippen LogP contribution >= 0.6 is 0 Å². The molecule has 0 saturated heterocycles. The Morgan fingerprint density at radius 2 is 2.27 bits per heavy atom. The van der Waals surface area contributed by atoms with E-state index >= 15 is 0 Å². The molecule has 2 rings (SSSR count). The highest BCUT2D eigenvalue weighted by molar-refractivity contribution is 5.91. The standard InChI is InChI=1S/C9H7N2/c10-9-6-11-5-7-3-1-2-4-8(7)9/h2-6H,10H2. The molecule has 1 heterocycles. The lowest BCUT2D eigenvalue weighted by atomic mass is 10.1. The SMILES string of the molecule is Nc1cncc2c[c]ccc12. The van der Waals surface area contributed by atoms with Crippen LogP contribution in [-0.4, -0.2) is 4.98 Å². The van der Waals surface area contributed by atoms with Crippen molar-refractivity contribution in [2.75, 3.05) is 5.73 Å². The monoisotopic (exact) mass is 143 g/mol. The molecule has 11 heavy (non-hydrogen) atoms. The van der Waals surface area contributed by atoms with Gasteiger partial charge in [0.2, 0.25) is 0 Å². The van der Waals surface area contributed by atoms with Crippen LogP contribution in [0.3, 0.4) is 0 Å². The second kappa shape index (κ2) is 2.23. The van der Waals surface area contributed by atoms with Crippen LogP contribution in [0.25, 0.3) is 10.8 Å². The quantitative estimate of drug-likeness (QED) is 0.608. The van der Waals surface area contributed by atoms with Crippen LogP contribution < -0.4 is 5.73 Å². The van der Waals surface area contributed by atoms with E-state index in [4.69, 9.17) is 5.73 Å². The van der Waals surface area contributed by atoms with Crippen molar-refractivity contribution < 1.29 is 0 Å². The Balaban J connectivity index is 2.91. The molecule has 0 aliphatic carbocycles. The fourth-order valence-corrected chi connectivity index (χ4v) is 1.08. The molecule has 0 fully saturated rings. The molecule has 0 aliphatic heterocycles. The van der Waals surface area contributed by atoms with Gasteiger partial charge in [0.25, 0.3) is 0 Å². The maximum atomic E-state index is 5.68. The van der Waals surface area contributed by atoms with E-state index in [0.29, 0.717) is 0 Å². The maximum absolute atomic E-state index is 5.68. The van der Waals surface area contributed by atoms with Crippen molar-refractivity contribution in [2.45, 2.75) is 0 Å².